The smallest absolute Gasteiger partial charge is 0.424 e. The standard InChI is InChI=1S/C36H35FN6O9S/c1-22(51-33(46)36(2,3)38-21-44)52-35(47)43(29-16-15-28(53(5,48)49)19-30(29)50-4)34-40-31-17-10-25(20-42(31)41-34)24-8-13-27(14-9-24)39-32(45)18-23-6-11-26(37)12-7-23/h6-17,19-22H,18H2,1-5H3,(H,38,44)(H,39,45). The number of carbonyl (C=O) groups is 4. The molecule has 0 aliphatic heterocycles. The van der Waals surface area contributed by atoms with E-state index in [1.807, 2.05) is 0 Å². The normalized spacial score (nSPS) is 12.0. The Morgan fingerprint density at radius 1 is 0.981 bits per heavy atom. The topological polar surface area (TPSA) is 188 Å². The Morgan fingerprint density at radius 2 is 1.66 bits per heavy atom. The molecule has 0 radical (unpaired) electrons. The molecule has 0 saturated heterocycles. The van der Waals surface area contributed by atoms with Crippen molar-refractivity contribution in [2.24, 2.45) is 0 Å². The van der Waals surface area contributed by atoms with Gasteiger partial charge < -0.3 is 24.8 Å². The number of pyridine rings is 1. The van der Waals surface area contributed by atoms with Crippen LogP contribution in [0.4, 0.5) is 26.5 Å². The predicted octanol–water partition coefficient (Wildman–Crippen LogP) is 4.82. The minimum absolute atomic E-state index is 0.0135. The van der Waals surface area contributed by atoms with Crippen molar-refractivity contribution in [2.75, 3.05) is 23.6 Å². The minimum atomic E-state index is -3.66. The van der Waals surface area contributed by atoms with E-state index in [1.54, 1.807) is 54.7 Å². The van der Waals surface area contributed by atoms with Gasteiger partial charge in [-0.05, 0) is 73.5 Å². The number of aromatic nitrogens is 3. The van der Waals surface area contributed by atoms with Gasteiger partial charge in [0.05, 0.1) is 24.1 Å². The Kier molecular flexibility index (Phi) is 11.1. The highest BCUT2D eigenvalue weighted by Crippen LogP contribution is 2.36. The second kappa shape index (κ2) is 15.5. The number of nitrogens with one attached hydrogen (secondary N) is 2. The van der Waals surface area contributed by atoms with Gasteiger partial charge in [-0.3, -0.25) is 9.59 Å². The van der Waals surface area contributed by atoms with Crippen LogP contribution in [-0.2, 0) is 40.1 Å². The molecule has 5 aromatic rings. The average molecular weight is 747 g/mol. The summed E-state index contributed by atoms with van der Waals surface area (Å²) < 4.78 is 55.3. The van der Waals surface area contributed by atoms with Crippen LogP contribution in [0.1, 0.15) is 26.3 Å². The summed E-state index contributed by atoms with van der Waals surface area (Å²) in [5.41, 5.74) is 1.60. The van der Waals surface area contributed by atoms with Crippen molar-refractivity contribution in [1.29, 1.82) is 0 Å². The van der Waals surface area contributed by atoms with Crippen molar-refractivity contribution in [3.05, 3.63) is 96.4 Å². The molecule has 15 nitrogen and oxygen atoms in total. The van der Waals surface area contributed by atoms with Crippen LogP contribution < -0.4 is 20.3 Å². The number of ether oxygens (including phenoxy) is 3. The number of rotatable bonds is 13. The molecule has 1 unspecified atom stereocenters. The van der Waals surface area contributed by atoms with E-state index in [-0.39, 0.29) is 40.4 Å². The van der Waals surface area contributed by atoms with E-state index in [2.05, 4.69) is 20.7 Å². The number of esters is 1. The molecule has 1 atom stereocenters. The summed E-state index contributed by atoms with van der Waals surface area (Å²) in [5, 5.41) is 9.63. The molecule has 3 aromatic carbocycles. The molecule has 53 heavy (non-hydrogen) atoms. The van der Waals surface area contributed by atoms with Gasteiger partial charge in [-0.25, -0.2) is 31.8 Å². The first-order valence-corrected chi connectivity index (χ1v) is 17.8. The molecule has 0 spiro atoms. The first kappa shape index (κ1) is 37.9. The fourth-order valence-electron chi connectivity index (χ4n) is 4.96. The molecule has 0 fully saturated rings. The van der Waals surface area contributed by atoms with Crippen molar-refractivity contribution in [3.8, 4) is 16.9 Å². The first-order valence-electron chi connectivity index (χ1n) is 15.9. The second-order valence-corrected chi connectivity index (χ2v) is 14.3. The molecule has 17 heteroatoms. The largest absolute Gasteiger partial charge is 0.495 e. The number of nitrogens with zero attached hydrogens (tertiary/aromatic N) is 4. The highest BCUT2D eigenvalue weighted by atomic mass is 32.2. The zero-order valence-corrected chi connectivity index (χ0v) is 30.0. The molecule has 0 saturated carbocycles. The van der Waals surface area contributed by atoms with Crippen molar-refractivity contribution in [2.45, 2.75) is 43.9 Å². The maximum absolute atomic E-state index is 13.8. The van der Waals surface area contributed by atoms with Gasteiger partial charge in [-0.1, -0.05) is 24.3 Å². The van der Waals surface area contributed by atoms with E-state index >= 15 is 0 Å². The van der Waals surface area contributed by atoms with Crippen LogP contribution in [0.2, 0.25) is 0 Å². The Morgan fingerprint density at radius 3 is 2.30 bits per heavy atom. The summed E-state index contributed by atoms with van der Waals surface area (Å²) >= 11 is 0. The van der Waals surface area contributed by atoms with Crippen molar-refractivity contribution in [1.82, 2.24) is 19.9 Å². The van der Waals surface area contributed by atoms with Gasteiger partial charge in [0.15, 0.2) is 15.5 Å². The number of hydrogen-bond acceptors (Lipinski definition) is 11. The molecule has 0 aliphatic carbocycles. The number of anilines is 3. The zero-order chi connectivity index (χ0) is 38.5. The summed E-state index contributed by atoms with van der Waals surface area (Å²) in [6.45, 7) is 4.09. The van der Waals surface area contributed by atoms with Crippen LogP contribution in [0.5, 0.6) is 5.75 Å². The van der Waals surface area contributed by atoms with Gasteiger partial charge in [0.1, 0.15) is 17.1 Å². The highest BCUT2D eigenvalue weighted by Gasteiger charge is 2.33. The van der Waals surface area contributed by atoms with Gasteiger partial charge in [0.2, 0.25) is 18.6 Å². The van der Waals surface area contributed by atoms with E-state index in [9.17, 15) is 32.0 Å². The van der Waals surface area contributed by atoms with E-state index < -0.39 is 33.7 Å². The van der Waals surface area contributed by atoms with Crippen molar-refractivity contribution in [3.63, 3.8) is 0 Å². The van der Waals surface area contributed by atoms with Crippen LogP contribution in [0, 0.1) is 5.82 Å². The lowest BCUT2D eigenvalue weighted by Gasteiger charge is -2.26. The van der Waals surface area contributed by atoms with E-state index in [4.69, 9.17) is 14.2 Å². The Balaban J connectivity index is 1.42. The van der Waals surface area contributed by atoms with Crippen LogP contribution >= 0.6 is 0 Å². The van der Waals surface area contributed by atoms with Crippen LogP contribution in [0.15, 0.2) is 90.0 Å². The number of hydrogen-bond donors (Lipinski definition) is 2. The molecular formula is C36H35FN6O9S. The zero-order valence-electron chi connectivity index (χ0n) is 29.2. The van der Waals surface area contributed by atoms with Gasteiger partial charge in [-0.15, -0.1) is 5.10 Å². The average Bonchev–Trinajstić information content (AvgIpc) is 3.52. The third-order valence-electron chi connectivity index (χ3n) is 7.77. The second-order valence-electron chi connectivity index (χ2n) is 12.2. The molecule has 2 heterocycles. The third-order valence-corrected chi connectivity index (χ3v) is 8.88. The number of carbonyl (C=O) groups excluding carboxylic acids is 4. The summed E-state index contributed by atoms with van der Waals surface area (Å²) in [7, 11) is -2.37. The first-order chi connectivity index (χ1) is 25.1. The van der Waals surface area contributed by atoms with Gasteiger partial charge >= 0.3 is 12.1 Å². The Bertz CT molecular complexity index is 2280. The maximum Gasteiger partial charge on any atom is 0.424 e. The quantitative estimate of drug-likeness (QED) is 0.0956. The SMILES string of the molecule is COc1cc(S(C)(=O)=O)ccc1N(C(=O)OC(C)OC(=O)C(C)(C)NC=O)c1nc2ccc(-c3ccc(NC(=O)Cc4ccc(F)cc4)cc3)cn2n1. The molecule has 5 rings (SSSR count). The lowest BCUT2D eigenvalue weighted by Crippen LogP contribution is -2.48. The Labute approximate surface area is 303 Å². The molecule has 0 bridgehead atoms. The molecule has 2 aromatic heterocycles. The Hall–Kier alpha value is -6.36. The number of sulfone groups is 1. The third kappa shape index (κ3) is 9.12. The molecular weight excluding hydrogens is 711 g/mol. The van der Waals surface area contributed by atoms with Crippen LogP contribution in [0.25, 0.3) is 16.8 Å². The lowest BCUT2D eigenvalue weighted by molar-refractivity contribution is -0.171. The number of fused-ring (bicyclic) bond motifs is 1. The van der Waals surface area contributed by atoms with Crippen LogP contribution in [0.3, 0.4) is 0 Å². The van der Waals surface area contributed by atoms with Crippen molar-refractivity contribution >= 4 is 57.2 Å². The van der Waals surface area contributed by atoms with Crippen molar-refractivity contribution < 1.29 is 46.2 Å². The summed E-state index contributed by atoms with van der Waals surface area (Å²) in [5.74, 6) is -1.76. The van der Waals surface area contributed by atoms with Crippen LogP contribution in [-0.4, -0.2) is 72.6 Å². The summed E-state index contributed by atoms with van der Waals surface area (Å²) in [6.07, 6.45) is 0.531. The molecule has 276 valence electrons. The molecule has 2 N–H and O–H groups in total. The minimum Gasteiger partial charge on any atom is -0.495 e. The molecule has 0 aliphatic rings. The van der Waals surface area contributed by atoms with Gasteiger partial charge in [0, 0.05) is 36.7 Å². The van der Waals surface area contributed by atoms with Gasteiger partial charge in [-0.2, -0.15) is 4.98 Å². The number of halogens is 1. The predicted molar refractivity (Wildman–Crippen MR) is 191 cm³/mol. The van der Waals surface area contributed by atoms with E-state index in [1.165, 1.54) is 62.7 Å². The fourth-order valence-corrected chi connectivity index (χ4v) is 5.60. The highest BCUT2D eigenvalue weighted by molar-refractivity contribution is 7.90. The van der Waals surface area contributed by atoms with E-state index in [0.29, 0.717) is 28.9 Å². The lowest BCUT2D eigenvalue weighted by atomic mass is 10.1. The summed E-state index contributed by atoms with van der Waals surface area (Å²) in [4.78, 5) is 55.2. The monoisotopic (exact) mass is 746 g/mol. The molecule has 3 amide bonds. The maximum atomic E-state index is 13.8. The summed E-state index contributed by atoms with van der Waals surface area (Å²) in [6, 6.07) is 20.0. The fraction of sp³-hybridized carbons (Fsp3) is 0.222. The number of benzene rings is 3. The van der Waals surface area contributed by atoms with Gasteiger partial charge in [0.25, 0.3) is 5.95 Å². The number of amides is 3. The number of methoxy groups -OCH3 is 1. The van der Waals surface area contributed by atoms with E-state index in [0.717, 1.165) is 16.7 Å².